The molecule has 0 spiro atoms. The van der Waals surface area contributed by atoms with E-state index in [1.807, 2.05) is 104 Å². The first-order valence-electron chi connectivity index (χ1n) is 34.6. The van der Waals surface area contributed by atoms with E-state index in [1.54, 1.807) is 35.0 Å². The minimum Gasteiger partial charge on any atom is -0.509 e. The second kappa shape index (κ2) is 22.4. The van der Waals surface area contributed by atoms with E-state index in [2.05, 4.69) is 129 Å². The summed E-state index contributed by atoms with van der Waals surface area (Å²) in [6.07, 6.45) is 1.81. The Morgan fingerprint density at radius 1 is 0.605 bits per heavy atom. The molecule has 1 aliphatic carbocycles. The molecule has 0 saturated heterocycles. The van der Waals surface area contributed by atoms with Crippen molar-refractivity contribution in [3.05, 3.63) is 247 Å². The zero-order valence-electron chi connectivity index (χ0n) is 61.0. The quantitative estimate of drug-likeness (QED) is 0.121. The number of hydrogen-bond donors (Lipinski definition) is 0. The van der Waals surface area contributed by atoms with Gasteiger partial charge in [-0.15, -0.1) is 48.1 Å². The van der Waals surface area contributed by atoms with Gasteiger partial charge in [0.1, 0.15) is 5.82 Å². The Morgan fingerprint density at radius 3 is 1.98 bits per heavy atom. The number of anilines is 4. The van der Waals surface area contributed by atoms with Crippen LogP contribution in [0.2, 0.25) is 0 Å². The number of ether oxygens (including phenoxy) is 1. The fourth-order valence-electron chi connectivity index (χ4n) is 12.4. The molecular weight excluding hydrogens is 1230 g/mol. The van der Waals surface area contributed by atoms with Gasteiger partial charge in [-0.05, 0) is 138 Å². The molecule has 0 amide bonds. The Balaban J connectivity index is 0.00000881. The van der Waals surface area contributed by atoms with Gasteiger partial charge >= 0.3 is 0 Å². The first-order valence-corrected chi connectivity index (χ1v) is 29.6. The number of benzene rings is 9. The van der Waals surface area contributed by atoms with Gasteiger partial charge in [0.25, 0.3) is 0 Å². The summed E-state index contributed by atoms with van der Waals surface area (Å²) >= 11 is 0. The summed E-state index contributed by atoms with van der Waals surface area (Å²) in [5.74, 6) is 0.351. The molecule has 13 rings (SSSR count). The number of fused-ring (bicyclic) bond motifs is 5. The van der Waals surface area contributed by atoms with Gasteiger partial charge in [-0.2, -0.15) is 12.1 Å². The van der Waals surface area contributed by atoms with Crippen LogP contribution in [0.4, 0.5) is 22.7 Å². The largest absolute Gasteiger partial charge is 0.509 e. The molecule has 2 aromatic heterocycles. The summed E-state index contributed by atoms with van der Waals surface area (Å²) in [7, 11) is 0. The predicted molar refractivity (Wildman–Crippen MR) is 357 cm³/mol. The zero-order chi connectivity index (χ0) is 67.9. The van der Waals surface area contributed by atoms with Crippen LogP contribution in [-0.4, -0.2) is 9.55 Å². The molecule has 0 radical (unpaired) electrons. The molecule has 0 N–H and O–H groups in total. The van der Waals surface area contributed by atoms with Crippen LogP contribution in [0.1, 0.15) is 137 Å². The number of para-hydroxylation sites is 4. The summed E-state index contributed by atoms with van der Waals surface area (Å²) in [5, 5.41) is 0.737. The summed E-state index contributed by atoms with van der Waals surface area (Å²) in [4.78, 5) is 9.23. The number of aromatic nitrogens is 2. The second-order valence-corrected chi connectivity index (χ2v) is 26.5. The van der Waals surface area contributed by atoms with E-state index in [0.29, 0.717) is 50.3 Å². The Kier molecular flexibility index (Phi) is 12.3. The molecule has 6 heteroatoms. The third-order valence-electron chi connectivity index (χ3n) is 17.1. The van der Waals surface area contributed by atoms with Gasteiger partial charge < -0.3 is 19.1 Å². The van der Waals surface area contributed by atoms with Crippen molar-refractivity contribution in [3.8, 4) is 61.8 Å². The van der Waals surface area contributed by atoms with Gasteiger partial charge in [0.2, 0.25) is 0 Å². The van der Waals surface area contributed by atoms with E-state index in [9.17, 15) is 11.0 Å². The Morgan fingerprint density at radius 2 is 1.24 bits per heavy atom. The van der Waals surface area contributed by atoms with E-state index < -0.39 is 18.3 Å². The molecule has 11 aromatic rings. The summed E-state index contributed by atoms with van der Waals surface area (Å²) in [5.41, 5.74) is 12.7. The molecule has 5 nitrogen and oxygen atoms in total. The fraction of sp³-hybridized carbons (Fsp3) is 0.250. The third kappa shape index (κ3) is 10.8. The number of nitrogens with zero attached hydrogens (tertiary/aromatic N) is 4. The van der Waals surface area contributed by atoms with E-state index in [4.69, 9.17) is 12.5 Å². The van der Waals surface area contributed by atoms with E-state index in [0.717, 1.165) is 52.0 Å². The third-order valence-corrected chi connectivity index (χ3v) is 17.1. The normalized spacial score (nSPS) is 16.4. The second-order valence-electron chi connectivity index (χ2n) is 26.5. The average Bonchev–Trinajstić information content (AvgIpc) is 1.68. The molecule has 3 heterocycles. The van der Waals surface area contributed by atoms with Crippen molar-refractivity contribution < 1.29 is 39.5 Å². The van der Waals surface area contributed by atoms with E-state index in [-0.39, 0.29) is 119 Å². The molecular formula is C80H77N4OPt-3. The number of pyridine rings is 1. The van der Waals surface area contributed by atoms with Crippen molar-refractivity contribution in [2.45, 2.75) is 124 Å². The smallest absolute Gasteiger partial charge is 0.135 e. The molecule has 0 unspecified atom stereocenters. The molecule has 0 saturated carbocycles. The maximum atomic E-state index is 9.97. The van der Waals surface area contributed by atoms with Gasteiger partial charge in [-0.1, -0.05) is 222 Å². The molecule has 9 aromatic carbocycles. The van der Waals surface area contributed by atoms with Crippen LogP contribution in [0.15, 0.2) is 200 Å². The minimum absolute atomic E-state index is 0. The number of rotatable bonds is 11. The standard InChI is InChI=1S/C80H77N4O.Pt/c1-52(2)42-56-46-74(81-50-68(56)67-33-23-34-69-75(67)80(11,12)41-40-79(69,9)10)84-70-35-17-16-30-65(70)66-39-38-62(49-73(66)84)85-61-29-21-28-60(48-61)82-51-83(72-37-19-18-36-71(72)82)76-63(55-27-20-26-54(43-55)53-24-14-13-15-25-53)31-22-32-64(76)57-44-58(77(3,4)5)47-59(45-57)78(6,7)8;/h13-39,43-47,50-52H,40-42H2,1-12H3;/q-3;/i16D,17D,20D,26D,27D,30D,35D,42D2,43D;. The van der Waals surface area contributed by atoms with Gasteiger partial charge in [-0.25, -0.2) is 4.98 Å². The average molecular weight is 1320 g/mol. The van der Waals surface area contributed by atoms with Crippen LogP contribution >= 0.6 is 0 Å². The topological polar surface area (TPSA) is 33.5 Å². The molecule has 0 atom stereocenters. The Bertz CT molecular complexity index is 4920. The molecule has 1 aliphatic heterocycles. The molecule has 436 valence electrons. The van der Waals surface area contributed by atoms with Crippen LogP contribution in [0.5, 0.6) is 11.5 Å². The summed E-state index contributed by atoms with van der Waals surface area (Å²) < 4.78 is 103. The van der Waals surface area contributed by atoms with Crippen LogP contribution < -0.4 is 14.5 Å². The van der Waals surface area contributed by atoms with Crippen molar-refractivity contribution in [1.82, 2.24) is 9.55 Å². The van der Waals surface area contributed by atoms with Crippen molar-refractivity contribution in [2.24, 2.45) is 5.92 Å². The summed E-state index contributed by atoms with van der Waals surface area (Å²) in [6, 6.07) is 52.0. The first-order chi connectivity index (χ1) is 44.8. The molecule has 0 fully saturated rings. The maximum Gasteiger partial charge on any atom is 0.135 e. The SMILES string of the molecule is [2H]c1c([2H])c(-c2ccccc2)c([2H])c(-c2cccc(-c3cc(C(C)(C)C)cc(C(C)(C)C)c3)c2N2[CH-]N(c3[c-]c(Oc4[c-]c5c(cc4)c4c([2H])c([2H])c([2H])c([2H])c4n5-c4cc(C([2H])([2H])C(C)C)c(-c5cccc6c5C(C)(C)CCC6(C)C)cn4)ccc3)c3ccccc32)c1[2H].[Pt]. The van der Waals surface area contributed by atoms with Crippen LogP contribution in [0.3, 0.4) is 0 Å². The van der Waals surface area contributed by atoms with Crippen molar-refractivity contribution >= 4 is 44.6 Å². The van der Waals surface area contributed by atoms with Crippen molar-refractivity contribution in [2.75, 3.05) is 9.80 Å². The monoisotopic (exact) mass is 1310 g/mol. The Hall–Kier alpha value is -7.98. The molecule has 86 heavy (non-hydrogen) atoms. The first kappa shape index (κ1) is 47.2. The minimum atomic E-state index is -1.88. The predicted octanol–water partition coefficient (Wildman–Crippen LogP) is 21.8. The fourth-order valence-corrected chi connectivity index (χ4v) is 12.4. The van der Waals surface area contributed by atoms with E-state index >= 15 is 0 Å². The van der Waals surface area contributed by atoms with Gasteiger partial charge in [-0.3, -0.25) is 0 Å². The zero-order valence-corrected chi connectivity index (χ0v) is 53.3. The molecule has 0 bridgehead atoms. The molecule has 2 aliphatic rings. The van der Waals surface area contributed by atoms with E-state index in [1.165, 1.54) is 11.1 Å². The van der Waals surface area contributed by atoms with Gasteiger partial charge in [0, 0.05) is 80.8 Å². The number of hydrogen-bond acceptors (Lipinski definition) is 4. The Labute approximate surface area is 539 Å². The van der Waals surface area contributed by atoms with Crippen LogP contribution in [-0.2, 0) is 49.1 Å². The maximum absolute atomic E-state index is 9.97. The van der Waals surface area contributed by atoms with Crippen LogP contribution in [0, 0.1) is 24.7 Å². The van der Waals surface area contributed by atoms with Crippen molar-refractivity contribution in [1.29, 1.82) is 0 Å². The van der Waals surface area contributed by atoms with Gasteiger partial charge in [0.05, 0.1) is 11.0 Å². The summed E-state index contributed by atoms with van der Waals surface area (Å²) in [6.45, 7) is 28.0. The van der Waals surface area contributed by atoms with Crippen LogP contribution in [0.25, 0.3) is 72.1 Å². The van der Waals surface area contributed by atoms with Crippen molar-refractivity contribution in [3.63, 3.8) is 0 Å². The van der Waals surface area contributed by atoms with Gasteiger partial charge in [0.15, 0.2) is 0 Å².